The molecular formula is C27H18ClF3N4O2S. The quantitative estimate of drug-likeness (QED) is 0.246. The van der Waals surface area contributed by atoms with Crippen molar-refractivity contribution in [2.24, 2.45) is 4.99 Å². The van der Waals surface area contributed by atoms with E-state index in [-0.39, 0.29) is 27.5 Å². The van der Waals surface area contributed by atoms with Crippen LogP contribution in [-0.2, 0) is 11.0 Å². The Labute approximate surface area is 224 Å². The molecule has 1 amide bonds. The molecule has 0 fully saturated rings. The summed E-state index contributed by atoms with van der Waals surface area (Å²) in [6, 6.07) is 19.4. The summed E-state index contributed by atoms with van der Waals surface area (Å²) in [4.78, 5) is 21.6. The summed E-state index contributed by atoms with van der Waals surface area (Å²) in [7, 11) is 0. The number of aromatic hydroxyl groups is 1. The van der Waals surface area contributed by atoms with Gasteiger partial charge >= 0.3 is 6.18 Å². The molecule has 0 bridgehead atoms. The molecule has 0 radical (unpaired) electrons. The van der Waals surface area contributed by atoms with Gasteiger partial charge in [-0.15, -0.1) is 0 Å². The zero-order valence-corrected chi connectivity index (χ0v) is 21.0. The van der Waals surface area contributed by atoms with E-state index in [9.17, 15) is 23.1 Å². The van der Waals surface area contributed by atoms with E-state index in [1.165, 1.54) is 4.57 Å². The van der Waals surface area contributed by atoms with Crippen molar-refractivity contribution in [2.75, 3.05) is 11.1 Å². The Hall–Kier alpha value is -4.02. The van der Waals surface area contributed by atoms with Gasteiger partial charge in [0.1, 0.15) is 5.69 Å². The molecule has 0 aliphatic carbocycles. The molecule has 4 aromatic rings. The van der Waals surface area contributed by atoms with E-state index >= 15 is 0 Å². The van der Waals surface area contributed by atoms with Gasteiger partial charge in [-0.3, -0.25) is 14.4 Å². The number of amides is 1. The number of alkyl halides is 3. The predicted molar refractivity (Wildman–Crippen MR) is 144 cm³/mol. The number of thioether (sulfide) groups is 1. The standard InChI is InChI=1S/C27H18ClF3N4O2S/c28-17-10-11-20(27(29,30)31)22(13-17)33-24(36)15-38-26-34-23(25(37)35(26)18-6-2-1-3-7-18)12-16-14-32-21-9-5-4-8-19(16)21/h1-14,37H,15H2,(H,33,36). The summed E-state index contributed by atoms with van der Waals surface area (Å²) in [5, 5.41) is 13.7. The van der Waals surface area contributed by atoms with Crippen LogP contribution in [0, 0.1) is 0 Å². The second-order valence-electron chi connectivity index (χ2n) is 8.17. The van der Waals surface area contributed by atoms with Crippen LogP contribution in [0.1, 0.15) is 16.8 Å². The number of para-hydroxylation sites is 2. The van der Waals surface area contributed by atoms with Crippen molar-refractivity contribution in [1.29, 1.82) is 0 Å². The van der Waals surface area contributed by atoms with E-state index < -0.39 is 23.3 Å². The lowest BCUT2D eigenvalue weighted by Crippen LogP contribution is -2.18. The third-order valence-electron chi connectivity index (χ3n) is 5.61. The summed E-state index contributed by atoms with van der Waals surface area (Å²) in [6.45, 7) is 0. The summed E-state index contributed by atoms with van der Waals surface area (Å²) in [6.07, 6.45) is -1.30. The zero-order chi connectivity index (χ0) is 26.9. The lowest BCUT2D eigenvalue weighted by molar-refractivity contribution is -0.137. The van der Waals surface area contributed by atoms with Gasteiger partial charge in [-0.1, -0.05) is 59.8 Å². The van der Waals surface area contributed by atoms with Gasteiger partial charge in [-0.05, 0) is 42.5 Å². The lowest BCUT2D eigenvalue weighted by atomic mass is 10.1. The molecule has 6 nitrogen and oxygen atoms in total. The second-order valence-corrected chi connectivity index (χ2v) is 9.55. The molecular weight excluding hydrogens is 537 g/mol. The second kappa shape index (κ2) is 10.4. The van der Waals surface area contributed by atoms with Crippen LogP contribution in [-0.4, -0.2) is 32.5 Å². The third-order valence-corrected chi connectivity index (χ3v) is 6.78. The number of imidazole rings is 1. The van der Waals surface area contributed by atoms with Gasteiger partial charge in [-0.2, -0.15) is 13.2 Å². The highest BCUT2D eigenvalue weighted by atomic mass is 35.5. The molecule has 5 rings (SSSR count). The highest BCUT2D eigenvalue weighted by Gasteiger charge is 2.34. The maximum Gasteiger partial charge on any atom is 0.418 e. The minimum Gasteiger partial charge on any atom is -0.493 e. The number of hydrogen-bond donors (Lipinski definition) is 2. The molecule has 2 N–H and O–H groups in total. The molecule has 3 aromatic carbocycles. The molecule has 2 heterocycles. The highest BCUT2D eigenvalue weighted by molar-refractivity contribution is 7.99. The van der Waals surface area contributed by atoms with Gasteiger partial charge in [0.2, 0.25) is 11.8 Å². The largest absolute Gasteiger partial charge is 0.493 e. The van der Waals surface area contributed by atoms with Crippen molar-refractivity contribution >= 4 is 58.5 Å². The maximum absolute atomic E-state index is 13.4. The molecule has 38 heavy (non-hydrogen) atoms. The first-order chi connectivity index (χ1) is 18.2. The highest BCUT2D eigenvalue weighted by Crippen LogP contribution is 2.38. The average molecular weight is 555 g/mol. The smallest absolute Gasteiger partial charge is 0.418 e. The first-order valence-electron chi connectivity index (χ1n) is 11.2. The number of allylic oxidation sites excluding steroid dienone is 1. The van der Waals surface area contributed by atoms with Gasteiger partial charge in [0.25, 0.3) is 0 Å². The van der Waals surface area contributed by atoms with E-state index in [1.807, 2.05) is 30.3 Å². The number of aliphatic imine (C=N–C) groups is 1. The number of hydrogen-bond acceptors (Lipinski definition) is 5. The topological polar surface area (TPSA) is 79.5 Å². The number of carbonyl (C=O) groups is 1. The number of fused-ring (bicyclic) bond motifs is 1. The van der Waals surface area contributed by atoms with Crippen LogP contribution >= 0.6 is 23.4 Å². The van der Waals surface area contributed by atoms with Gasteiger partial charge < -0.3 is 10.4 Å². The predicted octanol–water partition coefficient (Wildman–Crippen LogP) is 7.24. The molecule has 1 aliphatic rings. The van der Waals surface area contributed by atoms with E-state index in [0.717, 1.165) is 46.8 Å². The number of carbonyl (C=O) groups excluding carboxylic acids is 1. The number of halogens is 4. The van der Waals surface area contributed by atoms with Crippen LogP contribution in [0.4, 0.5) is 24.5 Å². The van der Waals surface area contributed by atoms with Crippen LogP contribution in [0.5, 0.6) is 5.88 Å². The Kier molecular flexibility index (Phi) is 7.00. The monoisotopic (exact) mass is 554 g/mol. The molecule has 0 saturated carbocycles. The SMILES string of the molecule is O=C(CSc1nc(C=C2C=Nc3ccccc32)c(O)n1-c1ccccc1)Nc1cc(Cl)ccc1C(F)(F)F. The van der Waals surface area contributed by atoms with Crippen LogP contribution in [0.2, 0.25) is 5.02 Å². The normalized spacial score (nSPS) is 13.6. The first kappa shape index (κ1) is 25.6. The van der Waals surface area contributed by atoms with Gasteiger partial charge in [0.05, 0.1) is 28.4 Å². The third kappa shape index (κ3) is 5.32. The van der Waals surface area contributed by atoms with Gasteiger partial charge in [0.15, 0.2) is 5.16 Å². The van der Waals surface area contributed by atoms with Crippen LogP contribution < -0.4 is 5.32 Å². The van der Waals surface area contributed by atoms with Gasteiger partial charge in [-0.25, -0.2) is 4.98 Å². The minimum atomic E-state index is -4.67. The van der Waals surface area contributed by atoms with E-state index in [1.54, 1.807) is 36.6 Å². The van der Waals surface area contributed by atoms with E-state index in [2.05, 4.69) is 15.3 Å². The van der Waals surface area contributed by atoms with Crippen LogP contribution in [0.25, 0.3) is 17.3 Å². The van der Waals surface area contributed by atoms with Crippen molar-refractivity contribution in [3.63, 3.8) is 0 Å². The van der Waals surface area contributed by atoms with Crippen molar-refractivity contribution < 1.29 is 23.1 Å². The Morgan fingerprint density at radius 2 is 1.82 bits per heavy atom. The number of aromatic nitrogens is 2. The molecule has 0 unspecified atom stereocenters. The summed E-state index contributed by atoms with van der Waals surface area (Å²) in [5.74, 6) is -1.12. The molecule has 1 aliphatic heterocycles. The number of benzene rings is 3. The summed E-state index contributed by atoms with van der Waals surface area (Å²) >= 11 is 6.82. The van der Waals surface area contributed by atoms with Crippen molar-refractivity contribution in [1.82, 2.24) is 9.55 Å². The minimum absolute atomic E-state index is 0.0557. The number of nitrogens with one attached hydrogen (secondary N) is 1. The lowest BCUT2D eigenvalue weighted by Gasteiger charge is -2.14. The first-order valence-corrected chi connectivity index (χ1v) is 12.6. The number of rotatable bonds is 6. The Bertz CT molecular complexity index is 1580. The van der Waals surface area contributed by atoms with Crippen molar-refractivity contribution in [3.05, 3.63) is 94.6 Å². The van der Waals surface area contributed by atoms with Crippen molar-refractivity contribution in [3.8, 4) is 11.6 Å². The molecule has 0 spiro atoms. The molecule has 0 atom stereocenters. The molecule has 11 heteroatoms. The van der Waals surface area contributed by atoms with Crippen LogP contribution in [0.3, 0.4) is 0 Å². The van der Waals surface area contributed by atoms with Crippen LogP contribution in [0.15, 0.2) is 82.9 Å². The molecule has 0 saturated heterocycles. The Morgan fingerprint density at radius 1 is 1.08 bits per heavy atom. The van der Waals surface area contributed by atoms with E-state index in [4.69, 9.17) is 11.6 Å². The molecule has 1 aromatic heterocycles. The zero-order valence-electron chi connectivity index (χ0n) is 19.4. The Morgan fingerprint density at radius 3 is 2.58 bits per heavy atom. The van der Waals surface area contributed by atoms with Crippen molar-refractivity contribution in [2.45, 2.75) is 11.3 Å². The summed E-state index contributed by atoms with van der Waals surface area (Å²) < 4.78 is 41.6. The Balaban J connectivity index is 1.43. The summed E-state index contributed by atoms with van der Waals surface area (Å²) in [5.41, 5.74) is 1.85. The fraction of sp³-hybridized carbons (Fsp3) is 0.0741. The maximum atomic E-state index is 13.4. The van der Waals surface area contributed by atoms with Gasteiger partial charge in [0, 0.05) is 22.4 Å². The average Bonchev–Trinajstić information content (AvgIpc) is 3.43. The fourth-order valence-electron chi connectivity index (χ4n) is 3.90. The molecule has 192 valence electrons. The number of nitrogens with zero attached hydrogens (tertiary/aromatic N) is 3. The number of anilines is 1. The van der Waals surface area contributed by atoms with E-state index in [0.29, 0.717) is 5.69 Å². The fourth-order valence-corrected chi connectivity index (χ4v) is 4.88.